The summed E-state index contributed by atoms with van der Waals surface area (Å²) in [6.07, 6.45) is 14.0. The molecule has 5 aliphatic carbocycles. The Bertz CT molecular complexity index is 1140. The number of carbonyl (C=O) groups is 2. The second kappa shape index (κ2) is 12.3. The van der Waals surface area contributed by atoms with Crippen molar-refractivity contribution < 1.29 is 19.8 Å². The van der Waals surface area contributed by atoms with E-state index in [0.717, 1.165) is 42.8 Å². The second-order valence-corrected chi connectivity index (χ2v) is 19.2. The third-order valence-electron chi connectivity index (χ3n) is 16.0. The largest absolute Gasteiger partial charge is 0.481 e. The van der Waals surface area contributed by atoms with Crippen LogP contribution in [-0.2, 0) is 9.59 Å². The number of hydrogen-bond acceptors (Lipinski definition) is 2. The minimum atomic E-state index is -0.619. The molecule has 2 N–H and O–H groups in total. The first-order chi connectivity index (χ1) is 20.5. The van der Waals surface area contributed by atoms with Gasteiger partial charge in [0.1, 0.15) is 0 Å². The predicted octanol–water partition coefficient (Wildman–Crippen LogP) is 10.6. The van der Waals surface area contributed by atoms with Crippen LogP contribution in [0.2, 0.25) is 0 Å². The number of carboxylic acids is 2. The average molecular weight is 741 g/mol. The van der Waals surface area contributed by atoms with Crippen molar-refractivity contribution in [3.63, 3.8) is 0 Å². The van der Waals surface area contributed by atoms with Crippen molar-refractivity contribution in [1.29, 1.82) is 0 Å². The number of carboxylic acid groups (broad SMARTS) is 2. The van der Waals surface area contributed by atoms with Crippen LogP contribution >= 0.6 is 31.9 Å². The molecule has 5 saturated carbocycles. The van der Waals surface area contributed by atoms with Gasteiger partial charge in [-0.2, -0.15) is 0 Å². The lowest BCUT2D eigenvalue weighted by Crippen LogP contribution is -2.66. The topological polar surface area (TPSA) is 74.6 Å². The van der Waals surface area contributed by atoms with E-state index in [2.05, 4.69) is 80.0 Å². The van der Waals surface area contributed by atoms with Gasteiger partial charge in [-0.1, -0.05) is 78.6 Å². The molecular weight excluding hydrogens is 680 g/mol. The van der Waals surface area contributed by atoms with E-state index >= 15 is 0 Å². The van der Waals surface area contributed by atoms with E-state index in [-0.39, 0.29) is 44.8 Å². The maximum atomic E-state index is 12.5. The molecule has 0 aromatic carbocycles. The Hall–Kier alpha value is -0.360. The highest BCUT2D eigenvalue weighted by atomic mass is 79.9. The zero-order valence-corrected chi connectivity index (χ0v) is 31.6. The summed E-state index contributed by atoms with van der Waals surface area (Å²) in [5.74, 6) is 1.27. The third-order valence-corrected chi connectivity index (χ3v) is 17.0. The third kappa shape index (κ3) is 5.14. The fourth-order valence-electron chi connectivity index (χ4n) is 13.9. The lowest BCUT2D eigenvalue weighted by molar-refractivity contribution is -0.246. The van der Waals surface area contributed by atoms with E-state index in [9.17, 15) is 19.8 Å². The Labute approximate surface area is 284 Å². The molecule has 5 rings (SSSR count). The van der Waals surface area contributed by atoms with Crippen LogP contribution in [0.25, 0.3) is 0 Å². The number of rotatable bonds is 10. The standard InChI is InChI=1S/C38H60Br2O4/c1-23(2)25-10-17-38(22-24(13-20-39)32(41)42)19-18-36(6)28(31(25)38)8-9-30-35(5)15-11-27(26(14-21-40)33(43)44)34(3,4)29(35)12-16-37(30,36)7/h24-31H,1,8-22H2,2-7H3,(H,41,42)(H,43,44)/t24?,25-,26?,27?,28+,29-,30+,31+,35-,36+,37+,38+/m0/s1. The molecule has 0 bridgehead atoms. The number of aliphatic carboxylic acids is 2. The van der Waals surface area contributed by atoms with Crippen molar-refractivity contribution in [2.45, 2.75) is 125 Å². The van der Waals surface area contributed by atoms with Crippen LogP contribution in [0.4, 0.5) is 0 Å². The van der Waals surface area contributed by atoms with E-state index in [0.29, 0.717) is 42.4 Å². The van der Waals surface area contributed by atoms with E-state index in [4.69, 9.17) is 0 Å². The first-order valence-corrected chi connectivity index (χ1v) is 20.0. The van der Waals surface area contributed by atoms with Crippen LogP contribution in [0.5, 0.6) is 0 Å². The number of hydrogen-bond donors (Lipinski definition) is 2. The maximum absolute atomic E-state index is 12.5. The molecule has 12 atom stereocenters. The SMILES string of the molecule is C=C(C)[C@@H]1CC[C@]2(CC(CCBr)C(=O)O)CC[C@]3(C)[C@H](CC[C@@H]4[C@@]5(C)CCC(C(CCBr)C(=O)O)C(C)(C)[C@@H]5CC[C@]43C)[C@@H]12. The summed E-state index contributed by atoms with van der Waals surface area (Å²) in [7, 11) is 0. The van der Waals surface area contributed by atoms with Gasteiger partial charge in [-0.15, -0.1) is 0 Å². The molecule has 44 heavy (non-hydrogen) atoms. The lowest BCUT2D eigenvalue weighted by Gasteiger charge is -2.73. The number of alkyl halides is 2. The zero-order chi connectivity index (χ0) is 32.5. The summed E-state index contributed by atoms with van der Waals surface area (Å²) in [5, 5.41) is 22.0. The molecule has 0 aromatic rings. The van der Waals surface area contributed by atoms with Crippen molar-refractivity contribution in [1.82, 2.24) is 0 Å². The summed E-state index contributed by atoms with van der Waals surface area (Å²) in [4.78, 5) is 24.9. The van der Waals surface area contributed by atoms with Gasteiger partial charge in [0, 0.05) is 10.7 Å². The highest BCUT2D eigenvalue weighted by molar-refractivity contribution is 9.09. The van der Waals surface area contributed by atoms with E-state index in [1.165, 1.54) is 44.1 Å². The molecule has 0 radical (unpaired) electrons. The minimum Gasteiger partial charge on any atom is -0.481 e. The van der Waals surface area contributed by atoms with Gasteiger partial charge in [0.2, 0.25) is 0 Å². The maximum Gasteiger partial charge on any atom is 0.306 e. The van der Waals surface area contributed by atoms with Crippen LogP contribution in [-0.4, -0.2) is 32.8 Å². The zero-order valence-electron chi connectivity index (χ0n) is 28.4. The monoisotopic (exact) mass is 738 g/mol. The first kappa shape index (κ1) is 35.0. The predicted molar refractivity (Wildman–Crippen MR) is 186 cm³/mol. The molecule has 3 unspecified atom stereocenters. The molecule has 0 saturated heterocycles. The first-order valence-electron chi connectivity index (χ1n) is 17.8. The van der Waals surface area contributed by atoms with Gasteiger partial charge in [0.15, 0.2) is 0 Å². The van der Waals surface area contributed by atoms with Crippen molar-refractivity contribution in [2.24, 2.45) is 74.4 Å². The van der Waals surface area contributed by atoms with Gasteiger partial charge in [-0.05, 0) is 153 Å². The number of halogens is 2. The normalized spacial score (nSPS) is 45.6. The van der Waals surface area contributed by atoms with Crippen LogP contribution in [0.1, 0.15) is 125 Å². The summed E-state index contributed by atoms with van der Waals surface area (Å²) in [5.41, 5.74) is 2.11. The molecular formula is C38H60Br2O4. The molecule has 0 aliphatic heterocycles. The average Bonchev–Trinajstić information content (AvgIpc) is 3.32. The molecule has 0 amide bonds. The van der Waals surface area contributed by atoms with Crippen LogP contribution in [0.15, 0.2) is 12.2 Å². The molecule has 5 fully saturated rings. The fourth-order valence-corrected chi connectivity index (χ4v) is 15.0. The smallest absolute Gasteiger partial charge is 0.306 e. The van der Waals surface area contributed by atoms with E-state index in [1.807, 2.05) is 0 Å². The molecule has 4 nitrogen and oxygen atoms in total. The van der Waals surface area contributed by atoms with Crippen molar-refractivity contribution in [2.75, 3.05) is 10.7 Å². The molecule has 6 heteroatoms. The molecule has 5 aliphatic rings. The molecule has 250 valence electrons. The molecule has 0 aromatic heterocycles. The van der Waals surface area contributed by atoms with E-state index in [1.54, 1.807) is 0 Å². The van der Waals surface area contributed by atoms with Crippen molar-refractivity contribution in [3.05, 3.63) is 12.2 Å². The van der Waals surface area contributed by atoms with Crippen molar-refractivity contribution >= 4 is 43.8 Å². The van der Waals surface area contributed by atoms with Crippen LogP contribution in [0.3, 0.4) is 0 Å². The summed E-state index contributed by atoms with van der Waals surface area (Å²) >= 11 is 7.11. The van der Waals surface area contributed by atoms with E-state index < -0.39 is 11.9 Å². The Kier molecular flexibility index (Phi) is 9.75. The Balaban J connectivity index is 1.49. The summed E-state index contributed by atoms with van der Waals surface area (Å²) in [6.45, 7) is 19.5. The van der Waals surface area contributed by atoms with Gasteiger partial charge in [0.25, 0.3) is 0 Å². The lowest BCUT2D eigenvalue weighted by atomic mass is 9.31. The summed E-state index contributed by atoms with van der Waals surface area (Å²) < 4.78 is 0. The fraction of sp³-hybridized carbons (Fsp3) is 0.895. The highest BCUT2D eigenvalue weighted by Gasteiger charge is 2.71. The molecule has 0 spiro atoms. The number of fused-ring (bicyclic) bond motifs is 7. The quantitative estimate of drug-likeness (QED) is 0.173. The highest BCUT2D eigenvalue weighted by Crippen LogP contribution is 2.78. The van der Waals surface area contributed by atoms with Crippen molar-refractivity contribution in [3.8, 4) is 0 Å². The summed E-state index contributed by atoms with van der Waals surface area (Å²) in [6, 6.07) is 0. The Morgan fingerprint density at radius 1 is 0.795 bits per heavy atom. The van der Waals surface area contributed by atoms with Crippen LogP contribution in [0, 0.1) is 74.4 Å². The van der Waals surface area contributed by atoms with Gasteiger partial charge in [0.05, 0.1) is 11.8 Å². The van der Waals surface area contributed by atoms with Gasteiger partial charge in [-0.3, -0.25) is 9.59 Å². The Morgan fingerprint density at radius 3 is 2.07 bits per heavy atom. The molecule has 0 heterocycles. The van der Waals surface area contributed by atoms with Crippen LogP contribution < -0.4 is 0 Å². The van der Waals surface area contributed by atoms with Gasteiger partial charge >= 0.3 is 11.9 Å². The van der Waals surface area contributed by atoms with Gasteiger partial charge in [-0.25, -0.2) is 0 Å². The Morgan fingerprint density at radius 2 is 1.48 bits per heavy atom. The number of allylic oxidation sites excluding steroid dienone is 1. The minimum absolute atomic E-state index is 0.00318. The second-order valence-electron chi connectivity index (χ2n) is 17.7. The van der Waals surface area contributed by atoms with Gasteiger partial charge < -0.3 is 10.2 Å².